The van der Waals surface area contributed by atoms with Crippen LogP contribution < -0.4 is 20.9 Å². The fourth-order valence-corrected chi connectivity index (χ4v) is 4.48. The second kappa shape index (κ2) is 9.52. The van der Waals surface area contributed by atoms with Crippen molar-refractivity contribution in [1.29, 1.82) is 0 Å². The number of nitrogens with zero attached hydrogens (tertiary/aromatic N) is 1. The molecule has 5 heteroatoms. The van der Waals surface area contributed by atoms with E-state index in [-0.39, 0.29) is 0 Å². The van der Waals surface area contributed by atoms with Gasteiger partial charge in [-0.1, -0.05) is 42.5 Å². The van der Waals surface area contributed by atoms with Crippen molar-refractivity contribution in [2.75, 3.05) is 39.8 Å². The molecule has 2 aromatic carbocycles. The van der Waals surface area contributed by atoms with Crippen LogP contribution in [0.1, 0.15) is 36.1 Å². The molecule has 150 valence electrons. The van der Waals surface area contributed by atoms with Crippen LogP contribution in [-0.2, 0) is 0 Å². The number of hydrogen-bond acceptors (Lipinski definition) is 5. The average molecular weight is 381 g/mol. The molecule has 4 rings (SSSR count). The fourth-order valence-electron chi connectivity index (χ4n) is 4.48. The van der Waals surface area contributed by atoms with Crippen LogP contribution in [0.2, 0.25) is 0 Å². The molecule has 3 N–H and O–H groups in total. The second-order valence-corrected chi connectivity index (χ2v) is 7.86. The Morgan fingerprint density at radius 2 is 1.82 bits per heavy atom. The molecule has 5 nitrogen and oxygen atoms in total. The van der Waals surface area contributed by atoms with Crippen molar-refractivity contribution in [1.82, 2.24) is 21.1 Å². The van der Waals surface area contributed by atoms with Gasteiger partial charge in [-0.3, -0.25) is 10.3 Å². The van der Waals surface area contributed by atoms with Gasteiger partial charge in [-0.15, -0.1) is 0 Å². The van der Waals surface area contributed by atoms with Crippen LogP contribution in [0.15, 0.2) is 54.6 Å². The van der Waals surface area contributed by atoms with E-state index < -0.39 is 0 Å². The minimum absolute atomic E-state index is 0.320. The van der Waals surface area contributed by atoms with Crippen molar-refractivity contribution < 1.29 is 4.74 Å². The first-order valence-corrected chi connectivity index (χ1v) is 10.5. The summed E-state index contributed by atoms with van der Waals surface area (Å²) in [6, 6.07) is 20.1. The van der Waals surface area contributed by atoms with Crippen LogP contribution in [0, 0.1) is 5.92 Å². The third-order valence-electron chi connectivity index (χ3n) is 6.08. The number of rotatable bonds is 8. The standard InChI is InChI=1S/C23H32N4O/c1-28-21-11-9-19(10-12-21)23-20(16-25-26-23)15-24-17-22(27-13-5-6-14-27)18-7-3-2-4-8-18/h2-4,7-12,20,22-26H,5-6,13-17H2,1H3. The minimum atomic E-state index is 0.320. The highest BCUT2D eigenvalue weighted by Crippen LogP contribution is 2.27. The molecule has 0 bridgehead atoms. The first kappa shape index (κ1) is 19.4. The predicted molar refractivity (Wildman–Crippen MR) is 113 cm³/mol. The van der Waals surface area contributed by atoms with Crippen LogP contribution in [0.4, 0.5) is 0 Å². The number of likely N-dealkylation sites (tertiary alicyclic amines) is 1. The number of hydrogen-bond donors (Lipinski definition) is 3. The molecule has 0 saturated carbocycles. The van der Waals surface area contributed by atoms with Gasteiger partial charge >= 0.3 is 0 Å². The van der Waals surface area contributed by atoms with Gasteiger partial charge in [-0.05, 0) is 49.2 Å². The van der Waals surface area contributed by atoms with Gasteiger partial charge in [-0.2, -0.15) is 0 Å². The Hall–Kier alpha value is -1.92. The first-order valence-electron chi connectivity index (χ1n) is 10.5. The number of ether oxygens (including phenoxy) is 1. The maximum atomic E-state index is 5.29. The Morgan fingerprint density at radius 1 is 1.07 bits per heavy atom. The van der Waals surface area contributed by atoms with E-state index in [0.29, 0.717) is 18.0 Å². The molecule has 3 atom stereocenters. The van der Waals surface area contributed by atoms with Gasteiger partial charge in [0.05, 0.1) is 13.2 Å². The summed E-state index contributed by atoms with van der Waals surface area (Å²) in [5.41, 5.74) is 9.51. The molecule has 2 aromatic rings. The topological polar surface area (TPSA) is 48.6 Å². The van der Waals surface area contributed by atoms with Crippen LogP contribution in [0.25, 0.3) is 0 Å². The Kier molecular flexibility index (Phi) is 6.60. The molecule has 2 fully saturated rings. The maximum absolute atomic E-state index is 5.29. The zero-order valence-electron chi connectivity index (χ0n) is 16.7. The molecule has 0 spiro atoms. The summed E-state index contributed by atoms with van der Waals surface area (Å²) in [6.07, 6.45) is 2.64. The molecule has 28 heavy (non-hydrogen) atoms. The third-order valence-corrected chi connectivity index (χ3v) is 6.08. The number of methoxy groups -OCH3 is 1. The van der Waals surface area contributed by atoms with E-state index in [0.717, 1.165) is 25.4 Å². The molecular formula is C23H32N4O. The van der Waals surface area contributed by atoms with Crippen molar-refractivity contribution in [3.63, 3.8) is 0 Å². The zero-order valence-corrected chi connectivity index (χ0v) is 16.7. The Bertz CT molecular complexity index is 715. The molecular weight excluding hydrogens is 348 g/mol. The highest BCUT2D eigenvalue weighted by molar-refractivity contribution is 5.30. The van der Waals surface area contributed by atoms with E-state index in [2.05, 4.69) is 63.5 Å². The highest BCUT2D eigenvalue weighted by Gasteiger charge is 2.29. The summed E-state index contributed by atoms with van der Waals surface area (Å²) >= 11 is 0. The van der Waals surface area contributed by atoms with Crippen LogP contribution in [0.5, 0.6) is 5.75 Å². The Balaban J connectivity index is 1.36. The molecule has 0 aliphatic carbocycles. The SMILES string of the molecule is COc1ccc(C2NNCC2CNCC(c2ccccc2)N2CCCC2)cc1. The summed E-state index contributed by atoms with van der Waals surface area (Å²) in [4.78, 5) is 2.63. The molecule has 2 aliphatic rings. The average Bonchev–Trinajstić information content (AvgIpc) is 3.44. The molecule has 2 heterocycles. The van der Waals surface area contributed by atoms with Gasteiger partial charge < -0.3 is 10.1 Å². The summed E-state index contributed by atoms with van der Waals surface area (Å²) < 4.78 is 5.29. The molecule has 3 unspecified atom stereocenters. The summed E-state index contributed by atoms with van der Waals surface area (Å²) in [7, 11) is 1.71. The highest BCUT2D eigenvalue weighted by atomic mass is 16.5. The predicted octanol–water partition coefficient (Wildman–Crippen LogP) is 2.89. The quantitative estimate of drug-likeness (QED) is 0.657. The van der Waals surface area contributed by atoms with Crippen LogP contribution in [-0.4, -0.2) is 44.7 Å². The number of benzene rings is 2. The van der Waals surface area contributed by atoms with Crippen LogP contribution >= 0.6 is 0 Å². The van der Waals surface area contributed by atoms with Crippen molar-refractivity contribution in [2.24, 2.45) is 5.92 Å². The third kappa shape index (κ3) is 4.55. The lowest BCUT2D eigenvalue weighted by Crippen LogP contribution is -2.37. The van der Waals surface area contributed by atoms with Gasteiger partial charge in [-0.25, -0.2) is 5.43 Å². The summed E-state index contributed by atoms with van der Waals surface area (Å²) in [5, 5.41) is 3.78. The van der Waals surface area contributed by atoms with Crippen molar-refractivity contribution >= 4 is 0 Å². The van der Waals surface area contributed by atoms with E-state index >= 15 is 0 Å². The van der Waals surface area contributed by atoms with Gasteiger partial charge in [0.2, 0.25) is 0 Å². The van der Waals surface area contributed by atoms with Crippen molar-refractivity contribution in [3.05, 3.63) is 65.7 Å². The molecule has 0 amide bonds. The monoisotopic (exact) mass is 380 g/mol. The normalized spacial score (nSPS) is 23.8. The van der Waals surface area contributed by atoms with Gasteiger partial charge in [0.1, 0.15) is 5.75 Å². The van der Waals surface area contributed by atoms with E-state index in [9.17, 15) is 0 Å². The molecule has 0 radical (unpaired) electrons. The lowest BCUT2D eigenvalue weighted by Gasteiger charge is -2.29. The summed E-state index contributed by atoms with van der Waals surface area (Å²) in [5.74, 6) is 1.42. The van der Waals surface area contributed by atoms with Crippen molar-refractivity contribution in [3.8, 4) is 5.75 Å². The second-order valence-electron chi connectivity index (χ2n) is 7.86. The molecule has 2 aliphatic heterocycles. The number of nitrogens with one attached hydrogen (secondary N) is 3. The van der Waals surface area contributed by atoms with E-state index in [1.165, 1.54) is 37.1 Å². The lowest BCUT2D eigenvalue weighted by atomic mass is 9.94. The fraction of sp³-hybridized carbons (Fsp3) is 0.478. The van der Waals surface area contributed by atoms with E-state index in [1.54, 1.807) is 7.11 Å². The molecule has 2 saturated heterocycles. The minimum Gasteiger partial charge on any atom is -0.497 e. The van der Waals surface area contributed by atoms with Gasteiger partial charge in [0.25, 0.3) is 0 Å². The van der Waals surface area contributed by atoms with Crippen molar-refractivity contribution in [2.45, 2.75) is 24.9 Å². The first-order chi connectivity index (χ1) is 13.8. The number of hydrazine groups is 1. The van der Waals surface area contributed by atoms with E-state index in [4.69, 9.17) is 4.74 Å². The van der Waals surface area contributed by atoms with Gasteiger partial charge in [0.15, 0.2) is 0 Å². The smallest absolute Gasteiger partial charge is 0.118 e. The van der Waals surface area contributed by atoms with Gasteiger partial charge in [0, 0.05) is 31.6 Å². The molecule has 0 aromatic heterocycles. The van der Waals surface area contributed by atoms with E-state index in [1.807, 2.05) is 12.1 Å². The maximum Gasteiger partial charge on any atom is 0.118 e. The summed E-state index contributed by atoms with van der Waals surface area (Å²) in [6.45, 7) is 5.39. The lowest BCUT2D eigenvalue weighted by molar-refractivity contribution is 0.235. The largest absolute Gasteiger partial charge is 0.497 e. The Morgan fingerprint density at radius 3 is 2.54 bits per heavy atom. The zero-order chi connectivity index (χ0) is 19.2. The Labute approximate surface area is 168 Å². The van der Waals surface area contributed by atoms with Crippen LogP contribution in [0.3, 0.4) is 0 Å².